The van der Waals surface area contributed by atoms with Crippen LogP contribution in [0.4, 0.5) is 26.2 Å². The summed E-state index contributed by atoms with van der Waals surface area (Å²) in [5, 5.41) is 2.91. The van der Waals surface area contributed by atoms with Crippen molar-refractivity contribution in [1.29, 1.82) is 0 Å². The molecule has 10 nitrogen and oxygen atoms in total. The van der Waals surface area contributed by atoms with Gasteiger partial charge in [0, 0.05) is 55.0 Å². The number of pyridine rings is 2. The maximum atomic E-state index is 14.1. The van der Waals surface area contributed by atoms with Crippen molar-refractivity contribution in [3.63, 3.8) is 0 Å². The lowest BCUT2D eigenvalue weighted by molar-refractivity contribution is 0.199. The summed E-state index contributed by atoms with van der Waals surface area (Å²) < 4.78 is 45.1. The average Bonchev–Trinajstić information content (AvgIpc) is 2.97. The molecule has 4 aromatic rings. The number of hydrogen-bond acceptors (Lipinski definition) is 7. The van der Waals surface area contributed by atoms with Crippen molar-refractivity contribution in [1.82, 2.24) is 14.9 Å². The molecule has 1 fully saturated rings. The van der Waals surface area contributed by atoms with E-state index in [4.69, 9.17) is 4.74 Å². The number of halogens is 1. The summed E-state index contributed by atoms with van der Waals surface area (Å²) in [6.07, 6.45) is 5.91. The maximum absolute atomic E-state index is 14.1. The SMILES string of the molecule is Cc1ccc(NC(=O)N(c2cccc(F)c2)C2CCN(Cc3ccc(Oc4ccc(NS(C)(=O)=O)cc4)nc3)CC2)cn1. The van der Waals surface area contributed by atoms with E-state index in [-0.39, 0.29) is 12.1 Å². The van der Waals surface area contributed by atoms with Gasteiger partial charge in [-0.15, -0.1) is 0 Å². The first-order chi connectivity index (χ1) is 20.6. The van der Waals surface area contributed by atoms with Crippen molar-refractivity contribution in [2.75, 3.05) is 34.3 Å². The molecular weight excluding hydrogens is 571 g/mol. The Balaban J connectivity index is 1.18. The lowest BCUT2D eigenvalue weighted by atomic mass is 10.0. The number of rotatable bonds is 9. The number of aromatic nitrogens is 2. The molecular formula is C31H33FN6O4S. The Kier molecular flexibility index (Phi) is 9.17. The number of carbonyl (C=O) groups is 1. The Labute approximate surface area is 250 Å². The maximum Gasteiger partial charge on any atom is 0.326 e. The van der Waals surface area contributed by atoms with Crippen molar-refractivity contribution in [2.45, 2.75) is 32.4 Å². The molecule has 2 aromatic carbocycles. The highest BCUT2D eigenvalue weighted by Gasteiger charge is 2.30. The molecule has 2 N–H and O–H groups in total. The van der Waals surface area contributed by atoms with Gasteiger partial charge in [0.15, 0.2) is 0 Å². The van der Waals surface area contributed by atoms with E-state index in [1.54, 1.807) is 65.8 Å². The number of piperidine rings is 1. The number of amides is 2. The van der Waals surface area contributed by atoms with Crippen LogP contribution in [0.3, 0.4) is 0 Å². The largest absolute Gasteiger partial charge is 0.439 e. The van der Waals surface area contributed by atoms with E-state index >= 15 is 0 Å². The Bertz CT molecular complexity index is 1640. The first-order valence-electron chi connectivity index (χ1n) is 13.8. The third kappa shape index (κ3) is 8.49. The van der Waals surface area contributed by atoms with Crippen molar-refractivity contribution >= 4 is 33.1 Å². The number of aryl methyl sites for hydroxylation is 1. The highest BCUT2D eigenvalue weighted by molar-refractivity contribution is 7.92. The van der Waals surface area contributed by atoms with Gasteiger partial charge in [-0.05, 0) is 79.9 Å². The molecule has 2 amide bonds. The minimum Gasteiger partial charge on any atom is -0.439 e. The van der Waals surface area contributed by atoms with Gasteiger partial charge in [-0.1, -0.05) is 12.1 Å². The van der Waals surface area contributed by atoms with Crippen LogP contribution in [0.5, 0.6) is 11.6 Å². The third-order valence-corrected chi connectivity index (χ3v) is 7.58. The van der Waals surface area contributed by atoms with E-state index in [0.29, 0.717) is 35.2 Å². The zero-order valence-electron chi connectivity index (χ0n) is 23.9. The number of urea groups is 1. The zero-order chi connectivity index (χ0) is 30.4. The van der Waals surface area contributed by atoms with Gasteiger partial charge in [0.1, 0.15) is 11.6 Å². The quantitative estimate of drug-likeness (QED) is 0.248. The summed E-state index contributed by atoms with van der Waals surface area (Å²) in [4.78, 5) is 26.0. The van der Waals surface area contributed by atoms with Crippen molar-refractivity contribution in [3.05, 3.63) is 102 Å². The molecule has 224 valence electrons. The van der Waals surface area contributed by atoms with Crippen LogP contribution < -0.4 is 19.7 Å². The molecule has 5 rings (SSSR count). The van der Waals surface area contributed by atoms with E-state index in [1.165, 1.54) is 12.1 Å². The molecule has 12 heteroatoms. The van der Waals surface area contributed by atoms with Gasteiger partial charge >= 0.3 is 6.03 Å². The highest BCUT2D eigenvalue weighted by atomic mass is 32.2. The van der Waals surface area contributed by atoms with E-state index < -0.39 is 15.8 Å². The molecule has 0 aliphatic carbocycles. The van der Waals surface area contributed by atoms with Crippen LogP contribution in [0.2, 0.25) is 0 Å². The molecule has 0 bridgehead atoms. The lowest BCUT2D eigenvalue weighted by Gasteiger charge is -2.38. The van der Waals surface area contributed by atoms with Gasteiger partial charge in [0.25, 0.3) is 0 Å². The second kappa shape index (κ2) is 13.2. The number of carbonyl (C=O) groups excluding carboxylic acids is 1. The highest BCUT2D eigenvalue weighted by Crippen LogP contribution is 2.27. The second-order valence-electron chi connectivity index (χ2n) is 10.5. The summed E-state index contributed by atoms with van der Waals surface area (Å²) in [5.41, 5.74) is 3.41. The molecule has 0 saturated carbocycles. The summed E-state index contributed by atoms with van der Waals surface area (Å²) in [6.45, 7) is 4.07. The minimum atomic E-state index is -3.35. The van der Waals surface area contributed by atoms with E-state index in [1.807, 2.05) is 19.1 Å². The second-order valence-corrected chi connectivity index (χ2v) is 12.2. The van der Waals surface area contributed by atoms with Gasteiger partial charge in [-0.3, -0.25) is 19.5 Å². The number of anilines is 3. The Morgan fingerprint density at radius 2 is 1.74 bits per heavy atom. The van der Waals surface area contributed by atoms with Crippen LogP contribution in [0.15, 0.2) is 85.2 Å². The van der Waals surface area contributed by atoms with Crippen LogP contribution in [-0.2, 0) is 16.6 Å². The van der Waals surface area contributed by atoms with Gasteiger partial charge in [0.05, 0.1) is 18.1 Å². The summed E-state index contributed by atoms with van der Waals surface area (Å²) in [7, 11) is -3.35. The molecule has 0 radical (unpaired) electrons. The van der Waals surface area contributed by atoms with Crippen molar-refractivity contribution in [3.8, 4) is 11.6 Å². The monoisotopic (exact) mass is 604 g/mol. The van der Waals surface area contributed by atoms with Crippen LogP contribution in [0, 0.1) is 12.7 Å². The van der Waals surface area contributed by atoms with E-state index in [9.17, 15) is 17.6 Å². The fourth-order valence-electron chi connectivity index (χ4n) is 4.93. The van der Waals surface area contributed by atoms with Crippen LogP contribution in [-0.4, -0.2) is 54.7 Å². The standard InChI is InChI=1S/C31H33FN6O4S/c1-22-6-8-26(20-33-22)35-31(39)38(28-5-3-4-24(32)18-28)27-14-16-37(17-15-27)21-23-7-13-30(34-19-23)42-29-11-9-25(10-12-29)36-43(2,40)41/h3-13,18-20,27,36H,14-17,21H2,1-2H3,(H,35,39). The number of benzene rings is 2. The first-order valence-corrected chi connectivity index (χ1v) is 15.7. The number of likely N-dealkylation sites (tertiary alicyclic amines) is 1. The third-order valence-electron chi connectivity index (χ3n) is 6.97. The van der Waals surface area contributed by atoms with Crippen LogP contribution in [0.1, 0.15) is 24.1 Å². The number of sulfonamides is 1. The molecule has 43 heavy (non-hydrogen) atoms. The fourth-order valence-corrected chi connectivity index (χ4v) is 5.49. The number of hydrogen-bond donors (Lipinski definition) is 2. The fraction of sp³-hybridized carbons (Fsp3) is 0.258. The predicted molar refractivity (Wildman–Crippen MR) is 164 cm³/mol. The Hall–Kier alpha value is -4.55. The predicted octanol–water partition coefficient (Wildman–Crippen LogP) is 5.79. The molecule has 3 heterocycles. The topological polar surface area (TPSA) is 117 Å². The molecule has 0 atom stereocenters. The van der Waals surface area contributed by atoms with Gasteiger partial charge < -0.3 is 10.1 Å². The van der Waals surface area contributed by atoms with Crippen LogP contribution >= 0.6 is 0 Å². The van der Waals surface area contributed by atoms with Crippen molar-refractivity contribution in [2.24, 2.45) is 0 Å². The zero-order valence-corrected chi connectivity index (χ0v) is 24.7. The molecule has 1 saturated heterocycles. The van der Waals surface area contributed by atoms with Crippen LogP contribution in [0.25, 0.3) is 0 Å². The summed E-state index contributed by atoms with van der Waals surface area (Å²) in [6, 6.07) is 19.6. The summed E-state index contributed by atoms with van der Waals surface area (Å²) in [5.74, 6) is 0.560. The molecule has 1 aliphatic heterocycles. The molecule has 1 aliphatic rings. The molecule has 2 aromatic heterocycles. The minimum absolute atomic E-state index is 0.107. The Morgan fingerprint density at radius 3 is 2.37 bits per heavy atom. The Morgan fingerprint density at radius 1 is 1.00 bits per heavy atom. The van der Waals surface area contributed by atoms with Crippen molar-refractivity contribution < 1.29 is 22.3 Å². The van der Waals surface area contributed by atoms with Gasteiger partial charge in [-0.2, -0.15) is 0 Å². The smallest absolute Gasteiger partial charge is 0.326 e. The van der Waals surface area contributed by atoms with Gasteiger partial charge in [-0.25, -0.2) is 22.6 Å². The number of ether oxygens (including phenoxy) is 1. The average molecular weight is 605 g/mol. The lowest BCUT2D eigenvalue weighted by Crippen LogP contribution is -2.49. The summed E-state index contributed by atoms with van der Waals surface area (Å²) >= 11 is 0. The molecule has 0 unspecified atom stereocenters. The molecule has 0 spiro atoms. The van der Waals surface area contributed by atoms with E-state index in [2.05, 4.69) is 24.9 Å². The number of nitrogens with one attached hydrogen (secondary N) is 2. The van der Waals surface area contributed by atoms with Gasteiger partial charge in [0.2, 0.25) is 15.9 Å². The first kappa shape index (κ1) is 29.9. The van der Waals surface area contributed by atoms with E-state index in [0.717, 1.165) is 43.4 Å². The normalized spacial score (nSPS) is 14.2. The number of nitrogens with zero attached hydrogens (tertiary/aromatic N) is 4.